The Hall–Kier alpha value is -2.65. The molecule has 0 spiro atoms. The number of aryl methyl sites for hydroxylation is 1. The zero-order valence-electron chi connectivity index (χ0n) is 11.4. The third-order valence-electron chi connectivity index (χ3n) is 3.08. The van der Waals surface area contributed by atoms with Gasteiger partial charge in [-0.1, -0.05) is 12.1 Å². The number of hydrogen-bond acceptors (Lipinski definition) is 3. The third kappa shape index (κ3) is 3.46. The van der Waals surface area contributed by atoms with Crippen molar-refractivity contribution in [2.24, 2.45) is 7.05 Å². The summed E-state index contributed by atoms with van der Waals surface area (Å²) in [7, 11) is 1.66. The summed E-state index contributed by atoms with van der Waals surface area (Å²) in [4.78, 5) is 12.0. The quantitative estimate of drug-likeness (QED) is 0.894. The predicted octanol–water partition coefficient (Wildman–Crippen LogP) is 1.50. The summed E-state index contributed by atoms with van der Waals surface area (Å²) in [5.74, 6) is -0.775. The molecule has 108 valence electrons. The number of nitriles is 1. The number of carbonyl (C=O) groups excluding carboxylic acids is 1. The van der Waals surface area contributed by atoms with Crippen LogP contribution in [0.3, 0.4) is 0 Å². The van der Waals surface area contributed by atoms with Crippen molar-refractivity contribution >= 4 is 5.91 Å². The van der Waals surface area contributed by atoms with Crippen LogP contribution < -0.4 is 5.32 Å². The van der Waals surface area contributed by atoms with Gasteiger partial charge in [0.25, 0.3) is 5.91 Å². The van der Waals surface area contributed by atoms with Gasteiger partial charge in [-0.2, -0.15) is 5.26 Å². The fraction of sp³-hybridized carbons (Fsp3) is 0.200. The van der Waals surface area contributed by atoms with Gasteiger partial charge in [-0.05, 0) is 23.8 Å². The maximum Gasteiger partial charge on any atom is 0.268 e. The van der Waals surface area contributed by atoms with Gasteiger partial charge < -0.3 is 15.0 Å². The highest BCUT2D eigenvalue weighted by Crippen LogP contribution is 2.13. The predicted molar refractivity (Wildman–Crippen MR) is 73.8 cm³/mol. The van der Waals surface area contributed by atoms with Gasteiger partial charge in [0.05, 0.1) is 11.7 Å². The van der Waals surface area contributed by atoms with Crippen molar-refractivity contribution in [3.05, 3.63) is 59.2 Å². The number of rotatable bonds is 4. The Labute approximate surface area is 121 Å². The van der Waals surface area contributed by atoms with Crippen molar-refractivity contribution in [2.75, 3.05) is 6.54 Å². The second kappa shape index (κ2) is 6.20. The number of nitrogens with one attached hydrogen (secondary N) is 1. The van der Waals surface area contributed by atoms with Crippen LogP contribution in [-0.4, -0.2) is 22.1 Å². The van der Waals surface area contributed by atoms with Crippen molar-refractivity contribution in [3.8, 4) is 6.07 Å². The van der Waals surface area contributed by atoms with E-state index < -0.39 is 6.10 Å². The Bertz CT molecular complexity index is 686. The zero-order valence-corrected chi connectivity index (χ0v) is 11.4. The summed E-state index contributed by atoms with van der Waals surface area (Å²) in [6.07, 6.45) is 0.621. The summed E-state index contributed by atoms with van der Waals surface area (Å²) >= 11 is 0. The smallest absolute Gasteiger partial charge is 0.268 e. The number of nitrogens with zero attached hydrogens (tertiary/aromatic N) is 2. The molecule has 1 unspecified atom stereocenters. The summed E-state index contributed by atoms with van der Waals surface area (Å²) in [5.41, 5.74) is 1.24. The largest absolute Gasteiger partial charge is 0.387 e. The Morgan fingerprint density at radius 1 is 1.48 bits per heavy atom. The molecule has 5 nitrogen and oxygen atoms in total. The molecule has 21 heavy (non-hydrogen) atoms. The van der Waals surface area contributed by atoms with Gasteiger partial charge in [0.15, 0.2) is 0 Å². The highest BCUT2D eigenvalue weighted by molar-refractivity contribution is 5.93. The van der Waals surface area contributed by atoms with Crippen LogP contribution in [0.25, 0.3) is 0 Å². The van der Waals surface area contributed by atoms with Gasteiger partial charge >= 0.3 is 0 Å². The first-order valence-corrected chi connectivity index (χ1v) is 6.29. The topological polar surface area (TPSA) is 78.0 Å². The summed E-state index contributed by atoms with van der Waals surface area (Å²) in [6, 6.07) is 8.84. The molecule has 1 aromatic carbocycles. The first-order valence-electron chi connectivity index (χ1n) is 6.29. The molecule has 6 heteroatoms. The van der Waals surface area contributed by atoms with E-state index >= 15 is 0 Å². The van der Waals surface area contributed by atoms with Crippen molar-refractivity contribution in [1.29, 1.82) is 5.26 Å². The molecule has 1 heterocycles. The maximum atomic E-state index is 12.8. The lowest BCUT2D eigenvalue weighted by molar-refractivity contribution is 0.0908. The lowest BCUT2D eigenvalue weighted by Crippen LogP contribution is -2.29. The molecule has 0 bridgehead atoms. The average Bonchev–Trinajstić information content (AvgIpc) is 2.86. The van der Waals surface area contributed by atoms with Crippen LogP contribution in [-0.2, 0) is 7.05 Å². The van der Waals surface area contributed by atoms with E-state index in [0.29, 0.717) is 16.8 Å². The summed E-state index contributed by atoms with van der Waals surface area (Å²) < 4.78 is 14.3. The standard InChI is InChI=1S/C15H14FN3O2/c1-19-9-10(7-17)6-13(19)15(21)18-8-14(20)11-2-4-12(16)5-3-11/h2-6,9,14,20H,8H2,1H3,(H,18,21). The Balaban J connectivity index is 1.99. The van der Waals surface area contributed by atoms with Crippen molar-refractivity contribution < 1.29 is 14.3 Å². The molecule has 0 aliphatic rings. The third-order valence-corrected chi connectivity index (χ3v) is 3.08. The van der Waals surface area contributed by atoms with E-state index in [-0.39, 0.29) is 18.3 Å². The fourth-order valence-electron chi connectivity index (χ4n) is 1.93. The van der Waals surface area contributed by atoms with Crippen LogP contribution >= 0.6 is 0 Å². The first-order chi connectivity index (χ1) is 10.0. The molecule has 0 aliphatic carbocycles. The van der Waals surface area contributed by atoms with Crippen LogP contribution in [0.5, 0.6) is 0 Å². The number of benzene rings is 1. The van der Waals surface area contributed by atoms with E-state index in [0.717, 1.165) is 0 Å². The summed E-state index contributed by atoms with van der Waals surface area (Å²) in [5, 5.41) is 21.3. The molecule has 1 amide bonds. The SMILES string of the molecule is Cn1cc(C#N)cc1C(=O)NCC(O)c1ccc(F)cc1. The molecule has 0 aliphatic heterocycles. The van der Waals surface area contributed by atoms with E-state index in [1.165, 1.54) is 34.9 Å². The number of halogens is 1. The zero-order chi connectivity index (χ0) is 15.4. The number of hydrogen-bond donors (Lipinski definition) is 2. The molecule has 0 saturated carbocycles. The van der Waals surface area contributed by atoms with Crippen LogP contribution in [0.4, 0.5) is 4.39 Å². The van der Waals surface area contributed by atoms with Crippen molar-refractivity contribution in [1.82, 2.24) is 9.88 Å². The van der Waals surface area contributed by atoms with Gasteiger partial charge in [0.2, 0.25) is 0 Å². The fourth-order valence-corrected chi connectivity index (χ4v) is 1.93. The number of amides is 1. The number of aliphatic hydroxyl groups is 1. The van der Waals surface area contributed by atoms with E-state index in [9.17, 15) is 14.3 Å². The highest BCUT2D eigenvalue weighted by atomic mass is 19.1. The average molecular weight is 287 g/mol. The molecular formula is C15H14FN3O2. The van der Waals surface area contributed by atoms with Crippen molar-refractivity contribution in [2.45, 2.75) is 6.10 Å². The van der Waals surface area contributed by atoms with Crippen LogP contribution in [0.1, 0.15) is 27.7 Å². The number of aromatic nitrogens is 1. The Morgan fingerprint density at radius 3 is 2.71 bits per heavy atom. The van der Waals surface area contributed by atoms with Gasteiger partial charge in [-0.15, -0.1) is 0 Å². The van der Waals surface area contributed by atoms with Crippen LogP contribution in [0, 0.1) is 17.1 Å². The maximum absolute atomic E-state index is 12.8. The van der Waals surface area contributed by atoms with Crippen LogP contribution in [0.2, 0.25) is 0 Å². The first kappa shape index (κ1) is 14.8. The molecule has 0 fully saturated rings. The molecule has 2 N–H and O–H groups in total. The van der Waals surface area contributed by atoms with E-state index in [1.807, 2.05) is 6.07 Å². The number of carbonyl (C=O) groups is 1. The van der Waals surface area contributed by atoms with Gasteiger partial charge in [-0.25, -0.2) is 4.39 Å². The minimum atomic E-state index is -0.926. The van der Waals surface area contributed by atoms with E-state index in [2.05, 4.69) is 5.32 Å². The van der Waals surface area contributed by atoms with Crippen LogP contribution in [0.15, 0.2) is 36.5 Å². The second-order valence-electron chi connectivity index (χ2n) is 4.61. The molecule has 1 atom stereocenters. The van der Waals surface area contributed by atoms with E-state index in [4.69, 9.17) is 5.26 Å². The monoisotopic (exact) mass is 287 g/mol. The molecule has 2 rings (SSSR count). The number of aliphatic hydroxyl groups excluding tert-OH is 1. The van der Waals surface area contributed by atoms with Gasteiger partial charge in [-0.3, -0.25) is 4.79 Å². The summed E-state index contributed by atoms with van der Waals surface area (Å²) in [6.45, 7) is -0.00245. The Kier molecular flexibility index (Phi) is 4.36. The Morgan fingerprint density at radius 2 is 2.14 bits per heavy atom. The molecule has 0 radical (unpaired) electrons. The normalized spacial score (nSPS) is 11.7. The minimum absolute atomic E-state index is 0.00245. The van der Waals surface area contributed by atoms with Gasteiger partial charge in [0, 0.05) is 19.8 Å². The second-order valence-corrected chi connectivity index (χ2v) is 4.61. The highest BCUT2D eigenvalue weighted by Gasteiger charge is 2.14. The molecule has 0 saturated heterocycles. The minimum Gasteiger partial charge on any atom is -0.387 e. The molecular weight excluding hydrogens is 273 g/mol. The molecule has 1 aromatic heterocycles. The lowest BCUT2D eigenvalue weighted by atomic mass is 10.1. The van der Waals surface area contributed by atoms with Crippen molar-refractivity contribution in [3.63, 3.8) is 0 Å². The lowest BCUT2D eigenvalue weighted by Gasteiger charge is -2.12. The van der Waals surface area contributed by atoms with Gasteiger partial charge in [0.1, 0.15) is 17.6 Å². The van der Waals surface area contributed by atoms with E-state index in [1.54, 1.807) is 13.2 Å². The molecule has 2 aromatic rings.